The molecule has 1 N–H and O–H groups in total. The molecule has 0 saturated heterocycles. The predicted octanol–water partition coefficient (Wildman–Crippen LogP) is 2.80. The van der Waals surface area contributed by atoms with Crippen LogP contribution in [-0.2, 0) is 7.05 Å². The minimum Gasteiger partial charge on any atom is -0.309 e. The minimum absolute atomic E-state index is 0.0603. The van der Waals surface area contributed by atoms with Gasteiger partial charge in [0.2, 0.25) is 0 Å². The van der Waals surface area contributed by atoms with E-state index in [0.717, 1.165) is 12.2 Å². The van der Waals surface area contributed by atoms with Crippen LogP contribution < -0.4 is 5.32 Å². The first-order valence-corrected chi connectivity index (χ1v) is 5.72. The summed E-state index contributed by atoms with van der Waals surface area (Å²) >= 11 is 0. The summed E-state index contributed by atoms with van der Waals surface area (Å²) in [7, 11) is 1.80. The van der Waals surface area contributed by atoms with Crippen molar-refractivity contribution in [3.63, 3.8) is 0 Å². The van der Waals surface area contributed by atoms with Gasteiger partial charge in [-0.25, -0.2) is 0 Å². The summed E-state index contributed by atoms with van der Waals surface area (Å²) in [5, 5.41) is 7.21. The summed E-state index contributed by atoms with van der Waals surface area (Å²) in [6.07, 6.45) is -2.54. The van der Waals surface area contributed by atoms with E-state index < -0.39 is 12.6 Å². The molecule has 1 atom stereocenters. The van der Waals surface area contributed by atoms with E-state index in [4.69, 9.17) is 0 Å². The first-order chi connectivity index (χ1) is 7.94. The Morgan fingerprint density at radius 1 is 1.47 bits per heavy atom. The quantitative estimate of drug-likeness (QED) is 0.840. The van der Waals surface area contributed by atoms with Crippen molar-refractivity contribution in [2.75, 3.05) is 6.54 Å². The van der Waals surface area contributed by atoms with Crippen LogP contribution in [0, 0.1) is 0 Å². The third kappa shape index (κ3) is 4.77. The van der Waals surface area contributed by atoms with Crippen molar-refractivity contribution in [1.29, 1.82) is 0 Å². The monoisotopic (exact) mass is 249 g/mol. The second-order valence-corrected chi connectivity index (χ2v) is 4.00. The number of alkyl halides is 3. The fourth-order valence-corrected chi connectivity index (χ4v) is 1.83. The molecule has 0 aromatic carbocycles. The zero-order valence-corrected chi connectivity index (χ0v) is 10.1. The Bertz CT molecular complexity index is 333. The Morgan fingerprint density at radius 3 is 2.65 bits per heavy atom. The number of nitrogens with one attached hydrogen (secondary N) is 1. The molecule has 1 unspecified atom stereocenters. The zero-order chi connectivity index (χ0) is 12.9. The van der Waals surface area contributed by atoms with E-state index in [1.54, 1.807) is 17.9 Å². The number of aromatic nitrogens is 2. The van der Waals surface area contributed by atoms with Crippen LogP contribution >= 0.6 is 0 Å². The van der Waals surface area contributed by atoms with Gasteiger partial charge in [0.25, 0.3) is 0 Å². The molecule has 1 rings (SSSR count). The van der Waals surface area contributed by atoms with Crippen molar-refractivity contribution < 1.29 is 13.2 Å². The molecule has 6 heteroatoms. The Morgan fingerprint density at radius 2 is 2.18 bits per heavy atom. The highest BCUT2D eigenvalue weighted by Gasteiger charge is 2.27. The Kier molecular flexibility index (Phi) is 4.99. The number of rotatable bonds is 6. The molecule has 0 bridgehead atoms. The van der Waals surface area contributed by atoms with E-state index in [2.05, 4.69) is 10.4 Å². The second kappa shape index (κ2) is 6.05. The van der Waals surface area contributed by atoms with Gasteiger partial charge < -0.3 is 5.32 Å². The lowest BCUT2D eigenvalue weighted by molar-refractivity contribution is -0.135. The summed E-state index contributed by atoms with van der Waals surface area (Å²) in [5.74, 6) is 0. The molecular weight excluding hydrogens is 231 g/mol. The second-order valence-electron chi connectivity index (χ2n) is 4.00. The standard InChI is InChI=1S/C11H18F3N3/c1-3-15-9(5-4-7-11(12,13)14)10-6-8-16-17(10)2/h6,8-9,15H,3-5,7H2,1-2H3. The molecule has 3 nitrogen and oxygen atoms in total. The molecule has 98 valence electrons. The Hall–Kier alpha value is -1.04. The average molecular weight is 249 g/mol. The molecule has 0 aliphatic rings. The Balaban J connectivity index is 2.53. The lowest BCUT2D eigenvalue weighted by Gasteiger charge is -2.18. The fourth-order valence-electron chi connectivity index (χ4n) is 1.83. The first kappa shape index (κ1) is 14.0. The van der Waals surface area contributed by atoms with Gasteiger partial charge in [-0.05, 0) is 25.5 Å². The van der Waals surface area contributed by atoms with Crippen LogP contribution in [0.25, 0.3) is 0 Å². The van der Waals surface area contributed by atoms with Crippen LogP contribution in [-0.4, -0.2) is 22.5 Å². The summed E-state index contributed by atoms with van der Waals surface area (Å²) in [6.45, 7) is 2.66. The van der Waals surface area contributed by atoms with Crippen LogP contribution in [0.4, 0.5) is 13.2 Å². The summed E-state index contributed by atoms with van der Waals surface area (Å²) in [5.41, 5.74) is 0.925. The van der Waals surface area contributed by atoms with E-state index in [-0.39, 0.29) is 12.5 Å². The largest absolute Gasteiger partial charge is 0.389 e. The van der Waals surface area contributed by atoms with E-state index in [9.17, 15) is 13.2 Å². The van der Waals surface area contributed by atoms with E-state index in [1.165, 1.54) is 0 Å². The van der Waals surface area contributed by atoms with Gasteiger partial charge in [-0.15, -0.1) is 0 Å². The molecule has 1 aromatic rings. The molecule has 0 saturated carbocycles. The first-order valence-electron chi connectivity index (χ1n) is 5.72. The molecule has 0 spiro atoms. The van der Waals surface area contributed by atoms with E-state index in [0.29, 0.717) is 6.42 Å². The van der Waals surface area contributed by atoms with Crippen molar-refractivity contribution in [3.05, 3.63) is 18.0 Å². The van der Waals surface area contributed by atoms with Crippen molar-refractivity contribution in [1.82, 2.24) is 15.1 Å². The van der Waals surface area contributed by atoms with Crippen LogP contribution in [0.1, 0.15) is 37.9 Å². The van der Waals surface area contributed by atoms with Gasteiger partial charge in [-0.1, -0.05) is 6.92 Å². The average Bonchev–Trinajstić information content (AvgIpc) is 2.61. The van der Waals surface area contributed by atoms with Crippen LogP contribution in [0.15, 0.2) is 12.3 Å². The number of nitrogens with zero attached hydrogens (tertiary/aromatic N) is 2. The SMILES string of the molecule is CCNC(CCCC(F)(F)F)c1ccnn1C. The highest BCUT2D eigenvalue weighted by atomic mass is 19.4. The molecule has 0 radical (unpaired) electrons. The minimum atomic E-state index is -4.07. The van der Waals surface area contributed by atoms with E-state index in [1.807, 2.05) is 13.0 Å². The van der Waals surface area contributed by atoms with Crippen molar-refractivity contribution in [2.45, 2.75) is 38.4 Å². The topological polar surface area (TPSA) is 29.9 Å². The molecule has 17 heavy (non-hydrogen) atoms. The maximum atomic E-state index is 12.1. The van der Waals surface area contributed by atoms with Gasteiger partial charge in [-0.2, -0.15) is 18.3 Å². The molecular formula is C11H18F3N3. The maximum absolute atomic E-state index is 12.1. The predicted molar refractivity (Wildman–Crippen MR) is 59.5 cm³/mol. The highest BCUT2D eigenvalue weighted by molar-refractivity contribution is 5.06. The normalized spacial score (nSPS) is 13.9. The lowest BCUT2D eigenvalue weighted by Crippen LogP contribution is -2.23. The molecule has 0 aliphatic carbocycles. The van der Waals surface area contributed by atoms with Crippen molar-refractivity contribution >= 4 is 0 Å². The number of aryl methyl sites for hydroxylation is 1. The summed E-state index contributed by atoms with van der Waals surface area (Å²) < 4.78 is 37.9. The van der Waals surface area contributed by atoms with Gasteiger partial charge in [0.1, 0.15) is 0 Å². The van der Waals surface area contributed by atoms with Gasteiger partial charge in [0.15, 0.2) is 0 Å². The third-order valence-corrected chi connectivity index (χ3v) is 2.62. The smallest absolute Gasteiger partial charge is 0.309 e. The fraction of sp³-hybridized carbons (Fsp3) is 0.727. The molecule has 0 fully saturated rings. The van der Waals surface area contributed by atoms with Crippen molar-refractivity contribution in [3.8, 4) is 0 Å². The van der Waals surface area contributed by atoms with Crippen LogP contribution in [0.5, 0.6) is 0 Å². The highest BCUT2D eigenvalue weighted by Crippen LogP contribution is 2.26. The molecule has 1 aromatic heterocycles. The van der Waals surface area contributed by atoms with Gasteiger partial charge in [-0.3, -0.25) is 4.68 Å². The number of hydrogen-bond acceptors (Lipinski definition) is 2. The molecule has 0 aliphatic heterocycles. The van der Waals surface area contributed by atoms with E-state index >= 15 is 0 Å². The third-order valence-electron chi connectivity index (χ3n) is 2.62. The van der Waals surface area contributed by atoms with Gasteiger partial charge >= 0.3 is 6.18 Å². The lowest BCUT2D eigenvalue weighted by atomic mass is 10.1. The van der Waals surface area contributed by atoms with Crippen molar-refractivity contribution in [2.24, 2.45) is 7.05 Å². The maximum Gasteiger partial charge on any atom is 0.389 e. The molecule has 1 heterocycles. The zero-order valence-electron chi connectivity index (χ0n) is 10.1. The van der Waals surface area contributed by atoms with Gasteiger partial charge in [0.05, 0.1) is 5.69 Å². The number of halogens is 3. The van der Waals surface area contributed by atoms with Crippen LogP contribution in [0.3, 0.4) is 0 Å². The van der Waals surface area contributed by atoms with Crippen LogP contribution in [0.2, 0.25) is 0 Å². The Labute approximate surface area is 99.0 Å². The summed E-state index contributed by atoms with van der Waals surface area (Å²) in [4.78, 5) is 0. The number of hydrogen-bond donors (Lipinski definition) is 1. The van der Waals surface area contributed by atoms with Gasteiger partial charge in [0, 0.05) is 25.7 Å². The summed E-state index contributed by atoms with van der Waals surface area (Å²) in [6, 6.07) is 1.77. The molecule has 0 amide bonds.